The number of nitrogens with one attached hydrogen (secondary N) is 1. The fraction of sp³-hybridized carbons (Fsp3) is 0.750. The molecule has 0 aromatic carbocycles. The largest absolute Gasteiger partial charge is 0.396 e. The molecule has 0 radical (unpaired) electrons. The minimum Gasteiger partial charge on any atom is -0.396 e. The molecule has 0 bridgehead atoms. The van der Waals surface area contributed by atoms with Crippen LogP contribution in [0.3, 0.4) is 0 Å². The highest BCUT2D eigenvalue weighted by atomic mass is 16.3. The normalized spacial score (nSPS) is 19.0. The number of likely N-dealkylation sites (tertiary alicyclic amines) is 1. The molecular formula is C16H28N4O2. The number of aliphatic hydroxyl groups is 1. The van der Waals surface area contributed by atoms with Crippen molar-refractivity contribution in [3.8, 4) is 0 Å². The van der Waals surface area contributed by atoms with Crippen molar-refractivity contribution in [1.82, 2.24) is 14.7 Å². The molecule has 1 aliphatic heterocycles. The molecule has 1 aromatic rings. The third kappa shape index (κ3) is 3.43. The Balaban J connectivity index is 1.96. The molecule has 2 N–H and O–H groups in total. The van der Waals surface area contributed by atoms with Crippen molar-refractivity contribution in [2.75, 3.05) is 25.0 Å². The first kappa shape index (κ1) is 16.8. The lowest BCUT2D eigenvalue weighted by Crippen LogP contribution is -2.46. The minimum absolute atomic E-state index is 0.00469. The molecule has 0 spiro atoms. The predicted molar refractivity (Wildman–Crippen MR) is 86.9 cm³/mol. The van der Waals surface area contributed by atoms with E-state index in [1.807, 2.05) is 15.6 Å². The van der Waals surface area contributed by atoms with Crippen molar-refractivity contribution in [2.24, 2.45) is 5.41 Å². The Morgan fingerprint density at radius 1 is 1.45 bits per heavy atom. The number of carbonyl (C=O) groups excluding carboxylic acids is 1. The molecule has 1 aliphatic rings. The number of aromatic nitrogens is 2. The second-order valence-corrected chi connectivity index (χ2v) is 6.35. The molecule has 1 aromatic heterocycles. The van der Waals surface area contributed by atoms with E-state index in [0.717, 1.165) is 31.5 Å². The van der Waals surface area contributed by atoms with Gasteiger partial charge < -0.3 is 10.0 Å². The molecule has 1 saturated heterocycles. The van der Waals surface area contributed by atoms with E-state index in [2.05, 4.69) is 31.2 Å². The van der Waals surface area contributed by atoms with E-state index in [1.165, 1.54) is 0 Å². The van der Waals surface area contributed by atoms with E-state index in [9.17, 15) is 9.90 Å². The van der Waals surface area contributed by atoms with E-state index in [1.54, 1.807) is 6.20 Å². The number of urea groups is 1. The molecule has 1 atom stereocenters. The Hall–Kier alpha value is -1.56. The maximum atomic E-state index is 12.4. The second-order valence-electron chi connectivity index (χ2n) is 6.35. The van der Waals surface area contributed by atoms with Crippen molar-refractivity contribution in [2.45, 2.75) is 52.5 Å². The molecule has 2 heterocycles. The van der Waals surface area contributed by atoms with Crippen LogP contribution in [-0.4, -0.2) is 45.5 Å². The Kier molecular flexibility index (Phi) is 5.45. The molecule has 2 rings (SSSR count). The van der Waals surface area contributed by atoms with Gasteiger partial charge in [0.1, 0.15) is 5.82 Å². The highest BCUT2D eigenvalue weighted by Crippen LogP contribution is 2.34. The van der Waals surface area contributed by atoms with Crippen molar-refractivity contribution < 1.29 is 9.90 Å². The molecule has 124 valence electrons. The van der Waals surface area contributed by atoms with E-state index < -0.39 is 0 Å². The predicted octanol–water partition coefficient (Wildman–Crippen LogP) is 2.87. The van der Waals surface area contributed by atoms with Gasteiger partial charge in [0.2, 0.25) is 0 Å². The molecular weight excluding hydrogens is 280 g/mol. The van der Waals surface area contributed by atoms with Crippen LogP contribution in [0.25, 0.3) is 0 Å². The first-order valence-corrected chi connectivity index (χ1v) is 8.25. The van der Waals surface area contributed by atoms with Gasteiger partial charge >= 0.3 is 6.03 Å². The number of piperidine rings is 1. The van der Waals surface area contributed by atoms with Crippen LogP contribution in [0, 0.1) is 5.41 Å². The fourth-order valence-corrected chi connectivity index (χ4v) is 2.93. The quantitative estimate of drug-likeness (QED) is 0.878. The van der Waals surface area contributed by atoms with Crippen LogP contribution in [0.2, 0.25) is 0 Å². The fourth-order valence-electron chi connectivity index (χ4n) is 2.93. The van der Waals surface area contributed by atoms with Gasteiger partial charge in [0.25, 0.3) is 0 Å². The average molecular weight is 308 g/mol. The molecule has 1 unspecified atom stereocenters. The molecule has 0 saturated carbocycles. The lowest BCUT2D eigenvalue weighted by Gasteiger charge is -2.40. The van der Waals surface area contributed by atoms with Gasteiger partial charge in [0.05, 0.1) is 12.2 Å². The summed E-state index contributed by atoms with van der Waals surface area (Å²) < 4.78 is 1.85. The molecule has 6 nitrogen and oxygen atoms in total. The zero-order valence-electron chi connectivity index (χ0n) is 13.9. The van der Waals surface area contributed by atoms with Crippen LogP contribution in [0.1, 0.15) is 52.5 Å². The Morgan fingerprint density at radius 3 is 2.68 bits per heavy atom. The van der Waals surface area contributed by atoms with Crippen molar-refractivity contribution in [3.05, 3.63) is 12.3 Å². The molecule has 1 fully saturated rings. The number of carbonyl (C=O) groups is 1. The van der Waals surface area contributed by atoms with Gasteiger partial charge in [-0.15, -0.1) is 0 Å². The first-order valence-electron chi connectivity index (χ1n) is 8.25. The van der Waals surface area contributed by atoms with Gasteiger partial charge in [-0.05, 0) is 38.0 Å². The van der Waals surface area contributed by atoms with Crippen molar-refractivity contribution >= 4 is 11.8 Å². The van der Waals surface area contributed by atoms with Gasteiger partial charge in [-0.3, -0.25) is 5.32 Å². The maximum Gasteiger partial charge on any atom is 0.322 e. The topological polar surface area (TPSA) is 70.4 Å². The van der Waals surface area contributed by atoms with Gasteiger partial charge in [0, 0.05) is 25.8 Å². The lowest BCUT2D eigenvalue weighted by molar-refractivity contribution is 0.0541. The third-order valence-electron chi connectivity index (χ3n) is 5.11. The highest BCUT2D eigenvalue weighted by Gasteiger charge is 2.34. The van der Waals surface area contributed by atoms with Crippen LogP contribution < -0.4 is 5.32 Å². The van der Waals surface area contributed by atoms with E-state index >= 15 is 0 Å². The average Bonchev–Trinajstić information content (AvgIpc) is 3.02. The van der Waals surface area contributed by atoms with Crippen LogP contribution in [0.15, 0.2) is 12.3 Å². The van der Waals surface area contributed by atoms with Crippen molar-refractivity contribution in [3.63, 3.8) is 0 Å². The standard InChI is InChI=1S/C16H28N4O2/c1-4-13(3)20-14(6-9-17-20)18-15(22)19-10-7-16(5-2,12-21)8-11-19/h6,9,13,21H,4-5,7-8,10-12H2,1-3H3,(H,18,22). The highest BCUT2D eigenvalue weighted by molar-refractivity contribution is 5.88. The SMILES string of the molecule is CCC(C)n1nccc1NC(=O)N1CCC(CC)(CO)CC1. The zero-order chi connectivity index (χ0) is 16.2. The van der Waals surface area contributed by atoms with Gasteiger partial charge in [-0.25, -0.2) is 9.48 Å². The lowest BCUT2D eigenvalue weighted by atomic mass is 9.77. The summed E-state index contributed by atoms with van der Waals surface area (Å²) in [6.45, 7) is 7.88. The number of hydrogen-bond donors (Lipinski definition) is 2. The van der Waals surface area contributed by atoms with E-state index in [-0.39, 0.29) is 24.1 Å². The van der Waals surface area contributed by atoms with Crippen LogP contribution >= 0.6 is 0 Å². The summed E-state index contributed by atoms with van der Waals surface area (Å²) in [7, 11) is 0. The summed E-state index contributed by atoms with van der Waals surface area (Å²) in [5.74, 6) is 0.744. The number of amides is 2. The number of hydrogen-bond acceptors (Lipinski definition) is 3. The number of nitrogens with zero attached hydrogens (tertiary/aromatic N) is 3. The number of aliphatic hydroxyl groups excluding tert-OH is 1. The van der Waals surface area contributed by atoms with Crippen LogP contribution in [-0.2, 0) is 0 Å². The molecule has 2 amide bonds. The van der Waals surface area contributed by atoms with E-state index in [0.29, 0.717) is 13.1 Å². The number of rotatable bonds is 5. The monoisotopic (exact) mass is 308 g/mol. The summed E-state index contributed by atoms with van der Waals surface area (Å²) in [6.07, 6.45) is 5.35. The van der Waals surface area contributed by atoms with Gasteiger partial charge in [0.15, 0.2) is 0 Å². The maximum absolute atomic E-state index is 12.4. The van der Waals surface area contributed by atoms with Gasteiger partial charge in [-0.1, -0.05) is 13.8 Å². The zero-order valence-corrected chi connectivity index (χ0v) is 13.9. The second kappa shape index (κ2) is 7.13. The minimum atomic E-state index is -0.0762. The van der Waals surface area contributed by atoms with E-state index in [4.69, 9.17) is 0 Å². The Labute approximate surface area is 132 Å². The summed E-state index contributed by atoms with van der Waals surface area (Å²) in [5.41, 5.74) is -0.00469. The number of anilines is 1. The Morgan fingerprint density at radius 2 is 2.14 bits per heavy atom. The van der Waals surface area contributed by atoms with Gasteiger partial charge in [-0.2, -0.15) is 5.10 Å². The Bertz CT molecular complexity index is 486. The molecule has 0 aliphatic carbocycles. The molecule has 6 heteroatoms. The summed E-state index contributed by atoms with van der Waals surface area (Å²) in [4.78, 5) is 14.3. The summed E-state index contributed by atoms with van der Waals surface area (Å²) >= 11 is 0. The summed E-state index contributed by atoms with van der Waals surface area (Å²) in [6, 6.07) is 2.01. The smallest absolute Gasteiger partial charge is 0.322 e. The van der Waals surface area contributed by atoms with Crippen molar-refractivity contribution in [1.29, 1.82) is 0 Å². The van der Waals surface area contributed by atoms with Crippen LogP contribution in [0.5, 0.6) is 0 Å². The third-order valence-corrected chi connectivity index (χ3v) is 5.11. The first-order chi connectivity index (χ1) is 10.5. The molecule has 22 heavy (non-hydrogen) atoms. The summed E-state index contributed by atoms with van der Waals surface area (Å²) in [5, 5.41) is 16.8. The van der Waals surface area contributed by atoms with Crippen LogP contribution in [0.4, 0.5) is 10.6 Å².